The number of carbonyl (C=O) groups is 1. The predicted octanol–water partition coefficient (Wildman–Crippen LogP) is 1.58. The van der Waals surface area contributed by atoms with Gasteiger partial charge in [0.1, 0.15) is 23.9 Å². The minimum absolute atomic E-state index is 0.00916. The van der Waals surface area contributed by atoms with Crippen molar-refractivity contribution in [3.8, 4) is 0 Å². The molecule has 1 unspecified atom stereocenters. The fourth-order valence-corrected chi connectivity index (χ4v) is 2.76. The quantitative estimate of drug-likeness (QED) is 0.613. The summed E-state index contributed by atoms with van der Waals surface area (Å²) in [6, 6.07) is 4.00. The van der Waals surface area contributed by atoms with Crippen LogP contribution in [0.4, 0.5) is 14.5 Å². The van der Waals surface area contributed by atoms with Crippen LogP contribution in [0.3, 0.4) is 0 Å². The molecule has 144 valence electrons. The summed E-state index contributed by atoms with van der Waals surface area (Å²) in [4.78, 5) is 19.2. The van der Waals surface area contributed by atoms with Crippen molar-refractivity contribution in [3.05, 3.63) is 29.8 Å². The number of halogens is 2. The molecular formula is C18H27F2N5O. The topological polar surface area (TPSA) is 60.0 Å². The Labute approximate surface area is 153 Å². The number of benzene rings is 1. The Bertz CT molecular complexity index is 643. The molecule has 6 nitrogen and oxygen atoms in total. The maximum absolute atomic E-state index is 14.0. The molecule has 1 aliphatic heterocycles. The van der Waals surface area contributed by atoms with Gasteiger partial charge in [-0.05, 0) is 32.4 Å². The number of aliphatic imine (C=N–C) groups is 1. The summed E-state index contributed by atoms with van der Waals surface area (Å²) < 4.78 is 27.9. The van der Waals surface area contributed by atoms with E-state index in [9.17, 15) is 13.6 Å². The van der Waals surface area contributed by atoms with Crippen LogP contribution in [0.2, 0.25) is 0 Å². The Kier molecular flexibility index (Phi) is 6.76. The predicted molar refractivity (Wildman–Crippen MR) is 99.4 cm³/mol. The van der Waals surface area contributed by atoms with Crippen LogP contribution in [0.25, 0.3) is 0 Å². The summed E-state index contributed by atoms with van der Waals surface area (Å²) in [5.74, 6) is -0.694. The standard InChI is InChI=1S/C18H27F2N5O/c1-12(2)22-18(21-10-16(26)24(3)4)23-13-8-9-25(11-13)17-14(19)6-5-7-15(17)20/h5-7,12-13H,8-11H2,1-4H3,(H2,21,22,23). The second-order valence-electron chi connectivity index (χ2n) is 6.90. The summed E-state index contributed by atoms with van der Waals surface area (Å²) >= 11 is 0. The van der Waals surface area contributed by atoms with Crippen LogP contribution in [-0.2, 0) is 4.79 Å². The zero-order chi connectivity index (χ0) is 19.3. The van der Waals surface area contributed by atoms with E-state index in [1.165, 1.54) is 23.1 Å². The molecule has 1 saturated heterocycles. The van der Waals surface area contributed by atoms with Crippen LogP contribution in [0, 0.1) is 11.6 Å². The molecule has 2 N–H and O–H groups in total. The number of hydrogen-bond acceptors (Lipinski definition) is 3. The number of anilines is 1. The Hall–Kier alpha value is -2.38. The Balaban J connectivity index is 2.03. The minimum atomic E-state index is -0.559. The largest absolute Gasteiger partial charge is 0.365 e. The summed E-state index contributed by atoms with van der Waals surface area (Å²) in [5, 5.41) is 6.44. The van der Waals surface area contributed by atoms with Crippen molar-refractivity contribution in [2.45, 2.75) is 32.4 Å². The van der Waals surface area contributed by atoms with Crippen LogP contribution in [0.1, 0.15) is 20.3 Å². The highest BCUT2D eigenvalue weighted by atomic mass is 19.1. The van der Waals surface area contributed by atoms with Gasteiger partial charge < -0.3 is 20.4 Å². The number of nitrogens with one attached hydrogen (secondary N) is 2. The molecule has 2 rings (SSSR count). The third-order valence-corrected chi connectivity index (χ3v) is 4.08. The molecule has 0 bridgehead atoms. The van der Waals surface area contributed by atoms with Gasteiger partial charge in [-0.15, -0.1) is 0 Å². The van der Waals surface area contributed by atoms with Crippen molar-refractivity contribution in [1.82, 2.24) is 15.5 Å². The van der Waals surface area contributed by atoms with E-state index in [4.69, 9.17) is 0 Å². The highest BCUT2D eigenvalue weighted by molar-refractivity contribution is 5.85. The average Bonchev–Trinajstić information content (AvgIpc) is 2.99. The second kappa shape index (κ2) is 8.82. The summed E-state index contributed by atoms with van der Waals surface area (Å²) in [7, 11) is 3.36. The highest BCUT2D eigenvalue weighted by Crippen LogP contribution is 2.26. The molecule has 0 radical (unpaired) electrons. The lowest BCUT2D eigenvalue weighted by atomic mass is 10.2. The Morgan fingerprint density at radius 1 is 1.35 bits per heavy atom. The number of likely N-dealkylation sites (N-methyl/N-ethyl adjacent to an activating group) is 1. The third-order valence-electron chi connectivity index (χ3n) is 4.08. The van der Waals surface area contributed by atoms with Gasteiger partial charge in [-0.3, -0.25) is 4.79 Å². The molecule has 1 fully saturated rings. The van der Waals surface area contributed by atoms with Crippen LogP contribution < -0.4 is 15.5 Å². The Morgan fingerprint density at radius 2 is 2.00 bits per heavy atom. The maximum atomic E-state index is 14.0. The fourth-order valence-electron chi connectivity index (χ4n) is 2.76. The van der Waals surface area contributed by atoms with Gasteiger partial charge in [-0.2, -0.15) is 0 Å². The second-order valence-corrected chi connectivity index (χ2v) is 6.90. The van der Waals surface area contributed by atoms with Crippen molar-refractivity contribution >= 4 is 17.6 Å². The molecule has 1 aromatic carbocycles. The summed E-state index contributed by atoms with van der Waals surface area (Å²) in [5.41, 5.74) is 0.00916. The molecule has 1 aromatic rings. The van der Waals surface area contributed by atoms with Gasteiger partial charge in [0.25, 0.3) is 0 Å². The highest BCUT2D eigenvalue weighted by Gasteiger charge is 2.27. The molecule has 1 heterocycles. The first kappa shape index (κ1) is 19.9. The fraction of sp³-hybridized carbons (Fsp3) is 0.556. The summed E-state index contributed by atoms with van der Waals surface area (Å²) in [6.07, 6.45) is 0.716. The van der Waals surface area contributed by atoms with Crippen LogP contribution in [-0.4, -0.2) is 62.6 Å². The van der Waals surface area contributed by atoms with Crippen LogP contribution in [0.5, 0.6) is 0 Å². The number of carbonyl (C=O) groups excluding carboxylic acids is 1. The number of rotatable bonds is 5. The monoisotopic (exact) mass is 367 g/mol. The smallest absolute Gasteiger partial charge is 0.243 e. The molecule has 0 aliphatic carbocycles. The maximum Gasteiger partial charge on any atom is 0.243 e. The van der Waals surface area contributed by atoms with Gasteiger partial charge in [0.15, 0.2) is 5.96 Å². The van der Waals surface area contributed by atoms with E-state index >= 15 is 0 Å². The molecular weight excluding hydrogens is 340 g/mol. The molecule has 26 heavy (non-hydrogen) atoms. The van der Waals surface area contributed by atoms with E-state index in [1.54, 1.807) is 19.0 Å². The van der Waals surface area contributed by atoms with E-state index in [0.29, 0.717) is 25.5 Å². The van der Waals surface area contributed by atoms with Crippen LogP contribution >= 0.6 is 0 Å². The number of nitrogens with zero attached hydrogens (tertiary/aromatic N) is 3. The third kappa shape index (κ3) is 5.31. The van der Waals surface area contributed by atoms with Crippen molar-refractivity contribution < 1.29 is 13.6 Å². The number of para-hydroxylation sites is 1. The first-order chi connectivity index (χ1) is 12.3. The zero-order valence-electron chi connectivity index (χ0n) is 15.7. The first-order valence-corrected chi connectivity index (χ1v) is 8.74. The van der Waals surface area contributed by atoms with Crippen molar-refractivity contribution in [2.24, 2.45) is 4.99 Å². The first-order valence-electron chi connectivity index (χ1n) is 8.74. The number of guanidine groups is 1. The zero-order valence-corrected chi connectivity index (χ0v) is 15.7. The normalized spacial score (nSPS) is 17.6. The van der Waals surface area contributed by atoms with Gasteiger partial charge >= 0.3 is 0 Å². The number of hydrogen-bond donors (Lipinski definition) is 2. The van der Waals surface area contributed by atoms with E-state index < -0.39 is 11.6 Å². The molecule has 1 atom stereocenters. The van der Waals surface area contributed by atoms with Crippen LogP contribution in [0.15, 0.2) is 23.2 Å². The van der Waals surface area contributed by atoms with E-state index in [2.05, 4.69) is 15.6 Å². The van der Waals surface area contributed by atoms with Gasteiger partial charge in [-0.1, -0.05) is 6.07 Å². The average molecular weight is 367 g/mol. The van der Waals surface area contributed by atoms with Crippen molar-refractivity contribution in [3.63, 3.8) is 0 Å². The van der Waals surface area contributed by atoms with E-state index in [1.807, 2.05) is 13.8 Å². The molecule has 1 amide bonds. The molecule has 1 aliphatic rings. The van der Waals surface area contributed by atoms with Gasteiger partial charge in [0.05, 0.1) is 0 Å². The molecule has 0 aromatic heterocycles. The van der Waals surface area contributed by atoms with Crippen molar-refractivity contribution in [1.29, 1.82) is 0 Å². The lowest BCUT2D eigenvalue weighted by Gasteiger charge is -2.22. The minimum Gasteiger partial charge on any atom is -0.365 e. The SMILES string of the molecule is CC(C)NC(=NCC(=O)N(C)C)NC1CCN(c2c(F)cccc2F)C1. The van der Waals surface area contributed by atoms with E-state index in [-0.39, 0.29) is 30.2 Å². The lowest BCUT2D eigenvalue weighted by Crippen LogP contribution is -2.47. The van der Waals surface area contributed by atoms with Gasteiger partial charge in [-0.25, -0.2) is 13.8 Å². The van der Waals surface area contributed by atoms with Gasteiger partial charge in [0.2, 0.25) is 5.91 Å². The molecule has 8 heteroatoms. The van der Waals surface area contributed by atoms with Crippen molar-refractivity contribution in [2.75, 3.05) is 38.6 Å². The van der Waals surface area contributed by atoms with E-state index in [0.717, 1.165) is 0 Å². The molecule has 0 spiro atoms. The lowest BCUT2D eigenvalue weighted by molar-refractivity contribution is -0.127. The molecule has 0 saturated carbocycles. The number of amides is 1. The van der Waals surface area contributed by atoms with Gasteiger partial charge in [0, 0.05) is 39.3 Å². The Morgan fingerprint density at radius 3 is 2.58 bits per heavy atom. The summed E-state index contributed by atoms with van der Waals surface area (Å²) in [6.45, 7) is 4.98.